The Hall–Kier alpha value is -2.37. The molecular weight excluding hydrogens is 314 g/mol. The zero-order valence-electron chi connectivity index (χ0n) is 14.4. The quantitative estimate of drug-likeness (QED) is 0.850. The summed E-state index contributed by atoms with van der Waals surface area (Å²) in [5.41, 5.74) is 2.39. The summed E-state index contributed by atoms with van der Waals surface area (Å²) >= 11 is 0. The second-order valence-electron chi connectivity index (χ2n) is 6.26. The molecule has 1 fully saturated rings. The molecule has 25 heavy (non-hydrogen) atoms. The molecule has 2 aromatic rings. The van der Waals surface area contributed by atoms with Crippen LogP contribution in [0.5, 0.6) is 0 Å². The molecule has 1 heterocycles. The normalized spacial score (nSPS) is 17.8. The molecular formula is C20H25N3O2. The van der Waals surface area contributed by atoms with Crippen LogP contribution < -0.4 is 10.6 Å². The fraction of sp³-hybridized carbons (Fsp3) is 0.350. The minimum absolute atomic E-state index is 0.0277. The Morgan fingerprint density at radius 2 is 1.68 bits per heavy atom. The van der Waals surface area contributed by atoms with Gasteiger partial charge in [0.1, 0.15) is 0 Å². The number of hydrogen-bond donors (Lipinski definition) is 2. The van der Waals surface area contributed by atoms with Crippen molar-refractivity contribution >= 4 is 6.03 Å². The van der Waals surface area contributed by atoms with Crippen LogP contribution >= 0.6 is 0 Å². The van der Waals surface area contributed by atoms with E-state index < -0.39 is 0 Å². The summed E-state index contributed by atoms with van der Waals surface area (Å²) in [6, 6.07) is 20.1. The number of carbonyl (C=O) groups excluding carboxylic acids is 1. The Morgan fingerprint density at radius 1 is 1.00 bits per heavy atom. The van der Waals surface area contributed by atoms with Gasteiger partial charge in [0, 0.05) is 32.7 Å². The van der Waals surface area contributed by atoms with Crippen molar-refractivity contribution < 1.29 is 9.53 Å². The summed E-state index contributed by atoms with van der Waals surface area (Å²) in [5, 5.41) is 5.78. The summed E-state index contributed by atoms with van der Waals surface area (Å²) in [4.78, 5) is 14.3. The Bertz CT molecular complexity index is 649. The topological polar surface area (TPSA) is 53.6 Å². The van der Waals surface area contributed by atoms with E-state index in [1.807, 2.05) is 36.4 Å². The van der Waals surface area contributed by atoms with Crippen LogP contribution in [0.4, 0.5) is 4.79 Å². The van der Waals surface area contributed by atoms with Gasteiger partial charge < -0.3 is 15.4 Å². The van der Waals surface area contributed by atoms with Crippen molar-refractivity contribution in [2.24, 2.45) is 0 Å². The second kappa shape index (κ2) is 9.20. The molecule has 1 atom stereocenters. The second-order valence-corrected chi connectivity index (χ2v) is 6.26. The summed E-state index contributed by atoms with van der Waals surface area (Å²) < 4.78 is 5.77. The number of nitrogens with zero attached hydrogens (tertiary/aromatic N) is 1. The van der Waals surface area contributed by atoms with Crippen molar-refractivity contribution in [2.45, 2.75) is 19.2 Å². The molecule has 5 nitrogen and oxygen atoms in total. The van der Waals surface area contributed by atoms with Crippen LogP contribution in [-0.4, -0.2) is 43.3 Å². The average molecular weight is 339 g/mol. The first kappa shape index (κ1) is 17.5. The van der Waals surface area contributed by atoms with Crippen molar-refractivity contribution in [1.82, 2.24) is 15.5 Å². The third-order valence-corrected chi connectivity index (χ3v) is 4.26. The van der Waals surface area contributed by atoms with Gasteiger partial charge in [-0.25, -0.2) is 4.79 Å². The zero-order valence-corrected chi connectivity index (χ0v) is 14.4. The lowest BCUT2D eigenvalue weighted by Crippen LogP contribution is -2.48. The highest BCUT2D eigenvalue weighted by Crippen LogP contribution is 2.10. The molecule has 1 aliphatic rings. The maximum absolute atomic E-state index is 11.9. The van der Waals surface area contributed by atoms with Crippen LogP contribution in [0, 0.1) is 0 Å². The Labute approximate surface area is 149 Å². The first-order valence-electron chi connectivity index (χ1n) is 8.73. The lowest BCUT2D eigenvalue weighted by atomic mass is 10.2. The standard InChI is InChI=1S/C20H25N3O2/c24-20(21-13-17-7-3-1-4-8-17)22-14-19-16-23(11-12-25-19)15-18-9-5-2-6-10-18/h1-10,19H,11-16H2,(H2,21,22,24)/t19-/m0/s1. The zero-order chi connectivity index (χ0) is 17.3. The molecule has 1 saturated heterocycles. The van der Waals surface area contributed by atoms with Gasteiger partial charge in [-0.15, -0.1) is 0 Å². The van der Waals surface area contributed by atoms with Crippen molar-refractivity contribution in [3.8, 4) is 0 Å². The molecule has 0 saturated carbocycles. The number of rotatable bonds is 6. The lowest BCUT2D eigenvalue weighted by Gasteiger charge is -2.33. The van der Waals surface area contributed by atoms with E-state index in [0.717, 1.165) is 25.2 Å². The van der Waals surface area contributed by atoms with Crippen molar-refractivity contribution in [2.75, 3.05) is 26.2 Å². The van der Waals surface area contributed by atoms with Gasteiger partial charge in [-0.1, -0.05) is 60.7 Å². The Balaban J connectivity index is 1.38. The van der Waals surface area contributed by atoms with Gasteiger partial charge in [-0.2, -0.15) is 0 Å². The van der Waals surface area contributed by atoms with Crippen LogP contribution in [0.3, 0.4) is 0 Å². The van der Waals surface area contributed by atoms with E-state index in [2.05, 4.69) is 39.8 Å². The largest absolute Gasteiger partial charge is 0.374 e. The van der Waals surface area contributed by atoms with Gasteiger partial charge >= 0.3 is 6.03 Å². The SMILES string of the molecule is O=C(NCc1ccccc1)NC[C@H]1CN(Cc2ccccc2)CCO1. The molecule has 0 unspecified atom stereocenters. The molecule has 2 amide bonds. The van der Waals surface area contributed by atoms with Gasteiger partial charge in [-0.3, -0.25) is 4.90 Å². The number of hydrogen-bond acceptors (Lipinski definition) is 3. The number of carbonyl (C=O) groups is 1. The molecule has 132 valence electrons. The molecule has 0 radical (unpaired) electrons. The third kappa shape index (κ3) is 5.89. The minimum atomic E-state index is -0.160. The maximum atomic E-state index is 11.9. The van der Waals surface area contributed by atoms with Crippen LogP contribution in [0.1, 0.15) is 11.1 Å². The van der Waals surface area contributed by atoms with Gasteiger partial charge in [-0.05, 0) is 11.1 Å². The van der Waals surface area contributed by atoms with Crippen molar-refractivity contribution in [3.05, 3.63) is 71.8 Å². The molecule has 0 bridgehead atoms. The average Bonchev–Trinajstić information content (AvgIpc) is 2.67. The lowest BCUT2D eigenvalue weighted by molar-refractivity contribution is -0.0287. The van der Waals surface area contributed by atoms with Crippen LogP contribution in [0.2, 0.25) is 0 Å². The molecule has 0 aromatic heterocycles. The van der Waals surface area contributed by atoms with Crippen LogP contribution in [0.25, 0.3) is 0 Å². The summed E-state index contributed by atoms with van der Waals surface area (Å²) in [6.07, 6.45) is 0.0277. The summed E-state index contributed by atoms with van der Waals surface area (Å²) in [6.45, 7) is 4.41. The van der Waals surface area contributed by atoms with E-state index in [0.29, 0.717) is 19.7 Å². The van der Waals surface area contributed by atoms with Crippen LogP contribution in [0.15, 0.2) is 60.7 Å². The van der Waals surface area contributed by atoms with Crippen molar-refractivity contribution in [1.29, 1.82) is 0 Å². The highest BCUT2D eigenvalue weighted by atomic mass is 16.5. The van der Waals surface area contributed by atoms with E-state index in [1.54, 1.807) is 0 Å². The van der Waals surface area contributed by atoms with Gasteiger partial charge in [0.25, 0.3) is 0 Å². The van der Waals surface area contributed by atoms with Gasteiger partial charge in [0.05, 0.1) is 12.7 Å². The highest BCUT2D eigenvalue weighted by Gasteiger charge is 2.20. The minimum Gasteiger partial charge on any atom is -0.374 e. The maximum Gasteiger partial charge on any atom is 0.315 e. The smallest absolute Gasteiger partial charge is 0.315 e. The Morgan fingerprint density at radius 3 is 2.40 bits per heavy atom. The molecule has 0 spiro atoms. The molecule has 0 aliphatic carbocycles. The Kier molecular flexibility index (Phi) is 6.42. The molecule has 3 rings (SSSR count). The summed E-state index contributed by atoms with van der Waals surface area (Å²) in [5.74, 6) is 0. The third-order valence-electron chi connectivity index (χ3n) is 4.26. The fourth-order valence-corrected chi connectivity index (χ4v) is 2.94. The highest BCUT2D eigenvalue weighted by molar-refractivity contribution is 5.73. The summed E-state index contributed by atoms with van der Waals surface area (Å²) in [7, 11) is 0. The van der Waals surface area contributed by atoms with Gasteiger partial charge in [0.2, 0.25) is 0 Å². The number of morpholine rings is 1. The predicted molar refractivity (Wildman–Crippen MR) is 98.1 cm³/mol. The number of ether oxygens (including phenoxy) is 1. The number of urea groups is 1. The first-order valence-corrected chi connectivity index (χ1v) is 8.73. The number of nitrogens with one attached hydrogen (secondary N) is 2. The van der Waals surface area contributed by atoms with E-state index in [1.165, 1.54) is 5.56 Å². The van der Waals surface area contributed by atoms with E-state index in [4.69, 9.17) is 4.74 Å². The molecule has 1 aliphatic heterocycles. The number of benzene rings is 2. The van der Waals surface area contributed by atoms with E-state index in [9.17, 15) is 4.79 Å². The monoisotopic (exact) mass is 339 g/mol. The molecule has 2 aromatic carbocycles. The van der Waals surface area contributed by atoms with E-state index >= 15 is 0 Å². The first-order chi connectivity index (χ1) is 12.3. The molecule has 2 N–H and O–H groups in total. The predicted octanol–water partition coefficient (Wildman–Crippen LogP) is 2.39. The molecule has 5 heteroatoms. The van der Waals surface area contributed by atoms with Crippen LogP contribution in [-0.2, 0) is 17.8 Å². The number of amides is 2. The van der Waals surface area contributed by atoms with E-state index in [-0.39, 0.29) is 12.1 Å². The fourth-order valence-electron chi connectivity index (χ4n) is 2.94. The van der Waals surface area contributed by atoms with Crippen molar-refractivity contribution in [3.63, 3.8) is 0 Å². The van der Waals surface area contributed by atoms with Gasteiger partial charge in [0.15, 0.2) is 0 Å².